The number of rotatable bonds is 6. The van der Waals surface area contributed by atoms with Crippen LogP contribution >= 0.6 is 23.2 Å². The molecule has 0 heterocycles. The van der Waals surface area contributed by atoms with Gasteiger partial charge in [0.2, 0.25) is 0 Å². The fraction of sp³-hybridized carbons (Fsp3) is 0.778. The van der Waals surface area contributed by atoms with Crippen LogP contribution in [0.25, 0.3) is 0 Å². The van der Waals surface area contributed by atoms with E-state index in [1.165, 1.54) is 12.8 Å². The molecule has 0 atom stereocenters. The Balaban J connectivity index is 0. The van der Waals surface area contributed by atoms with Gasteiger partial charge in [0.1, 0.15) is 11.3 Å². The van der Waals surface area contributed by atoms with Crippen molar-refractivity contribution in [1.82, 2.24) is 0 Å². The third kappa shape index (κ3) is 24.7. The van der Waals surface area contributed by atoms with E-state index in [2.05, 4.69) is 6.92 Å². The van der Waals surface area contributed by atoms with Gasteiger partial charge in [0.25, 0.3) is 0 Å². The minimum absolute atomic E-state index is 0.151. The first-order chi connectivity index (χ1) is 6.90. The molecule has 0 aliphatic carbocycles. The average molecular weight is 259 g/mol. The SMILES string of the molecule is CCCCCC(Cl)Cl.O=C(O)CC(=O)O. The molecule has 0 aromatic rings. The summed E-state index contributed by atoms with van der Waals surface area (Å²) in [5.74, 6) is -2.62. The number of aliphatic carboxylic acids is 2. The highest BCUT2D eigenvalue weighted by Crippen LogP contribution is 2.11. The van der Waals surface area contributed by atoms with Gasteiger partial charge in [-0.1, -0.05) is 26.2 Å². The van der Waals surface area contributed by atoms with Gasteiger partial charge in [-0.2, -0.15) is 0 Å². The summed E-state index contributed by atoms with van der Waals surface area (Å²) >= 11 is 11.0. The highest BCUT2D eigenvalue weighted by atomic mass is 35.5. The van der Waals surface area contributed by atoms with E-state index in [9.17, 15) is 9.59 Å². The van der Waals surface area contributed by atoms with Gasteiger partial charge in [0.05, 0.1) is 0 Å². The lowest BCUT2D eigenvalue weighted by atomic mass is 10.2. The lowest BCUT2D eigenvalue weighted by Crippen LogP contribution is -2.03. The standard InChI is InChI=1S/C6H12Cl2.C3H4O4/c1-2-3-4-5-6(7)8;4-2(5)1-3(6)7/h6H,2-5H2,1H3;1H2,(H,4,5)(H,6,7). The minimum Gasteiger partial charge on any atom is -0.481 e. The van der Waals surface area contributed by atoms with Crippen molar-refractivity contribution < 1.29 is 19.8 Å². The molecule has 0 rings (SSSR count). The number of carboxylic acids is 2. The number of hydrogen-bond acceptors (Lipinski definition) is 2. The zero-order valence-corrected chi connectivity index (χ0v) is 10.1. The van der Waals surface area contributed by atoms with Crippen molar-refractivity contribution in [3.8, 4) is 0 Å². The van der Waals surface area contributed by atoms with E-state index in [1.54, 1.807) is 0 Å². The fourth-order valence-electron chi connectivity index (χ4n) is 0.678. The number of carboxylic acid groups (broad SMARTS) is 2. The molecule has 0 saturated heterocycles. The Kier molecular flexibility index (Phi) is 13.1. The van der Waals surface area contributed by atoms with Crippen LogP contribution in [0.4, 0.5) is 0 Å². The second-order valence-corrected chi connectivity index (χ2v) is 4.13. The molecule has 0 aromatic carbocycles. The second-order valence-electron chi connectivity index (χ2n) is 2.85. The Bertz CT molecular complexity index is 171. The largest absolute Gasteiger partial charge is 0.481 e. The van der Waals surface area contributed by atoms with Crippen LogP contribution in [-0.2, 0) is 9.59 Å². The summed E-state index contributed by atoms with van der Waals surface area (Å²) in [5, 5.41) is 15.4. The maximum absolute atomic E-state index is 9.43. The van der Waals surface area contributed by atoms with Gasteiger partial charge < -0.3 is 10.2 Å². The summed E-state index contributed by atoms with van der Waals surface area (Å²) in [6.07, 6.45) is 3.78. The zero-order valence-electron chi connectivity index (χ0n) is 8.58. The summed E-state index contributed by atoms with van der Waals surface area (Å²) < 4.78 is 0. The molecule has 0 unspecified atom stereocenters. The summed E-state index contributed by atoms with van der Waals surface area (Å²) in [6, 6.07) is 0. The Morgan fingerprint density at radius 3 is 1.80 bits per heavy atom. The lowest BCUT2D eigenvalue weighted by molar-refractivity contribution is -0.147. The smallest absolute Gasteiger partial charge is 0.314 e. The first-order valence-electron chi connectivity index (χ1n) is 4.61. The molecule has 6 heteroatoms. The van der Waals surface area contributed by atoms with Crippen LogP contribution in [-0.4, -0.2) is 27.0 Å². The molecule has 90 valence electrons. The zero-order chi connectivity index (χ0) is 12.3. The molecule has 0 amide bonds. The van der Waals surface area contributed by atoms with Gasteiger partial charge in [-0.25, -0.2) is 0 Å². The van der Waals surface area contributed by atoms with Crippen LogP contribution in [0.2, 0.25) is 0 Å². The summed E-state index contributed by atoms with van der Waals surface area (Å²) in [4.78, 5) is 18.7. The van der Waals surface area contributed by atoms with Crippen LogP contribution in [0.1, 0.15) is 39.0 Å². The van der Waals surface area contributed by atoms with E-state index in [1.807, 2.05) is 0 Å². The quantitative estimate of drug-likeness (QED) is 0.437. The van der Waals surface area contributed by atoms with E-state index in [4.69, 9.17) is 33.4 Å². The van der Waals surface area contributed by atoms with Crippen molar-refractivity contribution >= 4 is 35.1 Å². The lowest BCUT2D eigenvalue weighted by Gasteiger charge is -1.96. The Morgan fingerprint density at radius 2 is 1.60 bits per heavy atom. The van der Waals surface area contributed by atoms with Gasteiger partial charge >= 0.3 is 11.9 Å². The van der Waals surface area contributed by atoms with Gasteiger partial charge in [0.15, 0.2) is 0 Å². The van der Waals surface area contributed by atoms with Gasteiger partial charge in [-0.15, -0.1) is 23.2 Å². The molecule has 15 heavy (non-hydrogen) atoms. The van der Waals surface area contributed by atoms with Crippen LogP contribution in [0, 0.1) is 0 Å². The Hall–Kier alpha value is -0.480. The number of halogens is 2. The van der Waals surface area contributed by atoms with Crippen molar-refractivity contribution in [3.63, 3.8) is 0 Å². The fourth-order valence-corrected chi connectivity index (χ4v) is 0.987. The topological polar surface area (TPSA) is 74.6 Å². The third-order valence-corrected chi connectivity index (χ3v) is 1.76. The normalized spacial score (nSPS) is 9.33. The average Bonchev–Trinajstić information content (AvgIpc) is 2.02. The van der Waals surface area contributed by atoms with Crippen molar-refractivity contribution in [1.29, 1.82) is 0 Å². The highest BCUT2D eigenvalue weighted by molar-refractivity contribution is 6.44. The third-order valence-electron chi connectivity index (χ3n) is 1.33. The predicted octanol–water partition coefficient (Wildman–Crippen LogP) is 2.92. The molecule has 2 N–H and O–H groups in total. The molecule has 0 saturated carbocycles. The molecule has 0 bridgehead atoms. The molecular formula is C9H16Cl2O4. The van der Waals surface area contributed by atoms with Crippen molar-refractivity contribution in [3.05, 3.63) is 0 Å². The summed E-state index contributed by atoms with van der Waals surface area (Å²) in [7, 11) is 0. The van der Waals surface area contributed by atoms with Crippen LogP contribution in [0.15, 0.2) is 0 Å². The maximum atomic E-state index is 9.43. The Morgan fingerprint density at radius 1 is 1.13 bits per heavy atom. The van der Waals surface area contributed by atoms with E-state index >= 15 is 0 Å². The molecule has 0 radical (unpaired) electrons. The molecule has 0 aliphatic rings. The minimum atomic E-state index is -1.31. The number of unbranched alkanes of at least 4 members (excludes halogenated alkanes) is 2. The van der Waals surface area contributed by atoms with Crippen molar-refractivity contribution in [2.75, 3.05) is 0 Å². The number of carbonyl (C=O) groups is 2. The van der Waals surface area contributed by atoms with Crippen LogP contribution < -0.4 is 0 Å². The highest BCUT2D eigenvalue weighted by Gasteiger charge is 2.01. The second kappa shape index (κ2) is 11.6. The van der Waals surface area contributed by atoms with E-state index in [0.717, 1.165) is 12.8 Å². The first-order valence-corrected chi connectivity index (χ1v) is 5.49. The monoisotopic (exact) mass is 258 g/mol. The van der Waals surface area contributed by atoms with E-state index in [0.29, 0.717) is 0 Å². The van der Waals surface area contributed by atoms with Gasteiger partial charge in [-0.3, -0.25) is 9.59 Å². The predicted molar refractivity (Wildman–Crippen MR) is 59.5 cm³/mol. The molecule has 4 nitrogen and oxygen atoms in total. The number of hydrogen-bond donors (Lipinski definition) is 2. The Labute approximate surface area is 99.2 Å². The molecule has 0 fully saturated rings. The van der Waals surface area contributed by atoms with Crippen molar-refractivity contribution in [2.24, 2.45) is 0 Å². The van der Waals surface area contributed by atoms with Crippen molar-refractivity contribution in [2.45, 2.75) is 43.9 Å². The van der Waals surface area contributed by atoms with Crippen LogP contribution in [0.5, 0.6) is 0 Å². The molecule has 0 aromatic heterocycles. The van der Waals surface area contributed by atoms with Gasteiger partial charge in [0, 0.05) is 0 Å². The molecule has 0 aliphatic heterocycles. The van der Waals surface area contributed by atoms with Gasteiger partial charge in [-0.05, 0) is 6.42 Å². The summed E-state index contributed by atoms with van der Waals surface area (Å²) in [5.41, 5.74) is 0. The maximum Gasteiger partial charge on any atom is 0.314 e. The molecular weight excluding hydrogens is 243 g/mol. The van der Waals surface area contributed by atoms with Crippen LogP contribution in [0.3, 0.4) is 0 Å². The molecule has 0 spiro atoms. The summed E-state index contributed by atoms with van der Waals surface area (Å²) in [6.45, 7) is 2.16. The first kappa shape index (κ1) is 16.9. The van der Waals surface area contributed by atoms with E-state index in [-0.39, 0.29) is 4.84 Å². The van der Waals surface area contributed by atoms with E-state index < -0.39 is 18.4 Å². The number of alkyl halides is 2.